The van der Waals surface area contributed by atoms with E-state index in [-0.39, 0.29) is 11.3 Å². The zero-order valence-corrected chi connectivity index (χ0v) is 12.7. The van der Waals surface area contributed by atoms with Crippen LogP contribution in [0.4, 0.5) is 5.69 Å². The van der Waals surface area contributed by atoms with E-state index in [9.17, 15) is 4.79 Å². The Morgan fingerprint density at radius 2 is 2.00 bits per heavy atom. The molecular formula is C17H26N2O. The Morgan fingerprint density at radius 1 is 1.30 bits per heavy atom. The van der Waals surface area contributed by atoms with Gasteiger partial charge >= 0.3 is 0 Å². The Hall–Kier alpha value is -1.35. The van der Waals surface area contributed by atoms with Gasteiger partial charge in [0.05, 0.1) is 5.41 Å². The van der Waals surface area contributed by atoms with E-state index in [1.165, 1.54) is 12.0 Å². The van der Waals surface area contributed by atoms with Gasteiger partial charge in [0.1, 0.15) is 0 Å². The van der Waals surface area contributed by atoms with Crippen LogP contribution in [0.3, 0.4) is 0 Å². The summed E-state index contributed by atoms with van der Waals surface area (Å²) in [5, 5.41) is 0. The van der Waals surface area contributed by atoms with E-state index < -0.39 is 0 Å². The van der Waals surface area contributed by atoms with Crippen molar-refractivity contribution in [1.29, 1.82) is 0 Å². The Labute approximate surface area is 122 Å². The monoisotopic (exact) mass is 274 g/mol. The zero-order valence-electron chi connectivity index (χ0n) is 12.7. The SMILES string of the molecule is CCN(C(=O)C1(CN)CCCCC1)c1cccc(C)c1. The van der Waals surface area contributed by atoms with Crippen molar-refractivity contribution in [2.75, 3.05) is 18.0 Å². The molecule has 0 radical (unpaired) electrons. The van der Waals surface area contributed by atoms with Gasteiger partial charge in [0.2, 0.25) is 5.91 Å². The summed E-state index contributed by atoms with van der Waals surface area (Å²) in [6.45, 7) is 5.26. The minimum Gasteiger partial charge on any atom is -0.329 e. The highest BCUT2D eigenvalue weighted by Crippen LogP contribution is 2.38. The fourth-order valence-electron chi connectivity index (χ4n) is 3.26. The number of hydrogen-bond donors (Lipinski definition) is 1. The molecule has 2 N–H and O–H groups in total. The van der Waals surface area contributed by atoms with Gasteiger partial charge in [-0.3, -0.25) is 4.79 Å². The number of nitrogens with zero attached hydrogens (tertiary/aromatic N) is 1. The van der Waals surface area contributed by atoms with Gasteiger partial charge in [-0.25, -0.2) is 0 Å². The number of carbonyl (C=O) groups excluding carboxylic acids is 1. The molecule has 0 heterocycles. The molecule has 1 saturated carbocycles. The van der Waals surface area contributed by atoms with Crippen LogP contribution >= 0.6 is 0 Å². The second-order valence-corrected chi connectivity index (χ2v) is 5.93. The van der Waals surface area contributed by atoms with Crippen LogP contribution < -0.4 is 10.6 Å². The van der Waals surface area contributed by atoms with Crippen molar-refractivity contribution in [3.63, 3.8) is 0 Å². The molecule has 3 heteroatoms. The smallest absolute Gasteiger partial charge is 0.234 e. The number of rotatable bonds is 4. The van der Waals surface area contributed by atoms with Gasteiger partial charge < -0.3 is 10.6 Å². The standard InChI is InChI=1S/C17H26N2O/c1-3-19(15-9-7-8-14(2)12-15)16(20)17(13-18)10-5-4-6-11-17/h7-9,12H,3-6,10-11,13,18H2,1-2H3. The number of carbonyl (C=O) groups is 1. The molecule has 2 rings (SSSR count). The maximum atomic E-state index is 13.0. The number of aryl methyl sites for hydroxylation is 1. The molecule has 0 spiro atoms. The summed E-state index contributed by atoms with van der Waals surface area (Å²) in [5.74, 6) is 0.216. The van der Waals surface area contributed by atoms with Crippen LogP contribution in [0.25, 0.3) is 0 Å². The molecule has 110 valence electrons. The topological polar surface area (TPSA) is 46.3 Å². The summed E-state index contributed by atoms with van der Waals surface area (Å²) < 4.78 is 0. The van der Waals surface area contributed by atoms with E-state index in [1.54, 1.807) is 0 Å². The van der Waals surface area contributed by atoms with Crippen LogP contribution in [0.5, 0.6) is 0 Å². The number of benzene rings is 1. The van der Waals surface area contributed by atoms with Gasteiger partial charge in [0.15, 0.2) is 0 Å². The molecule has 1 fully saturated rings. The van der Waals surface area contributed by atoms with Crippen molar-refractivity contribution in [3.8, 4) is 0 Å². The molecule has 1 aliphatic rings. The largest absolute Gasteiger partial charge is 0.329 e. The maximum absolute atomic E-state index is 13.0. The Bertz CT molecular complexity index is 464. The Balaban J connectivity index is 2.28. The lowest BCUT2D eigenvalue weighted by Crippen LogP contribution is -2.49. The molecule has 1 aromatic rings. The Kier molecular flexibility index (Phi) is 4.81. The van der Waals surface area contributed by atoms with Crippen LogP contribution in [0.2, 0.25) is 0 Å². The van der Waals surface area contributed by atoms with Gasteiger partial charge in [0, 0.05) is 18.8 Å². The highest BCUT2D eigenvalue weighted by Gasteiger charge is 2.40. The average molecular weight is 274 g/mol. The third-order valence-electron chi connectivity index (χ3n) is 4.53. The van der Waals surface area contributed by atoms with E-state index in [2.05, 4.69) is 19.1 Å². The van der Waals surface area contributed by atoms with Crippen molar-refractivity contribution < 1.29 is 4.79 Å². The molecule has 3 nitrogen and oxygen atoms in total. The van der Waals surface area contributed by atoms with Crippen molar-refractivity contribution in [1.82, 2.24) is 0 Å². The molecule has 0 unspecified atom stereocenters. The van der Waals surface area contributed by atoms with Crippen LogP contribution in [-0.2, 0) is 4.79 Å². The molecule has 0 atom stereocenters. The molecule has 1 aliphatic carbocycles. The maximum Gasteiger partial charge on any atom is 0.234 e. The van der Waals surface area contributed by atoms with E-state index in [4.69, 9.17) is 5.73 Å². The van der Waals surface area contributed by atoms with E-state index >= 15 is 0 Å². The molecule has 0 aliphatic heterocycles. The minimum atomic E-state index is -0.335. The molecule has 1 aromatic carbocycles. The fraction of sp³-hybridized carbons (Fsp3) is 0.588. The highest BCUT2D eigenvalue weighted by atomic mass is 16.2. The minimum absolute atomic E-state index is 0.216. The van der Waals surface area contributed by atoms with Gasteiger partial charge in [-0.1, -0.05) is 31.4 Å². The number of amides is 1. The predicted molar refractivity (Wildman–Crippen MR) is 83.8 cm³/mol. The van der Waals surface area contributed by atoms with Gasteiger partial charge in [-0.2, -0.15) is 0 Å². The lowest BCUT2D eigenvalue weighted by Gasteiger charge is -2.38. The third-order valence-corrected chi connectivity index (χ3v) is 4.53. The third kappa shape index (κ3) is 2.88. The number of hydrogen-bond acceptors (Lipinski definition) is 2. The van der Waals surface area contributed by atoms with Crippen molar-refractivity contribution in [2.24, 2.45) is 11.1 Å². The lowest BCUT2D eigenvalue weighted by molar-refractivity contribution is -0.129. The first-order valence-corrected chi connectivity index (χ1v) is 7.71. The van der Waals surface area contributed by atoms with Gasteiger partial charge in [-0.05, 0) is 44.4 Å². The van der Waals surface area contributed by atoms with E-state index in [0.29, 0.717) is 13.1 Å². The normalized spacial score (nSPS) is 17.8. The summed E-state index contributed by atoms with van der Waals surface area (Å²) in [6.07, 6.45) is 5.34. The van der Waals surface area contributed by atoms with E-state index in [0.717, 1.165) is 31.4 Å². The quantitative estimate of drug-likeness (QED) is 0.916. The van der Waals surface area contributed by atoms with Crippen LogP contribution in [0.1, 0.15) is 44.6 Å². The molecule has 20 heavy (non-hydrogen) atoms. The summed E-state index contributed by atoms with van der Waals surface area (Å²) in [6, 6.07) is 8.16. The summed E-state index contributed by atoms with van der Waals surface area (Å²) in [4.78, 5) is 14.9. The second kappa shape index (κ2) is 6.40. The van der Waals surface area contributed by atoms with Gasteiger partial charge in [0.25, 0.3) is 0 Å². The first kappa shape index (κ1) is 15.0. The molecule has 0 bridgehead atoms. The number of nitrogens with two attached hydrogens (primary N) is 1. The first-order valence-electron chi connectivity index (χ1n) is 7.71. The number of anilines is 1. The van der Waals surface area contributed by atoms with E-state index in [1.807, 2.05) is 24.0 Å². The van der Waals surface area contributed by atoms with Crippen LogP contribution in [0, 0.1) is 12.3 Å². The highest BCUT2D eigenvalue weighted by molar-refractivity contribution is 5.97. The van der Waals surface area contributed by atoms with Crippen molar-refractivity contribution in [2.45, 2.75) is 46.0 Å². The van der Waals surface area contributed by atoms with Crippen molar-refractivity contribution in [3.05, 3.63) is 29.8 Å². The van der Waals surface area contributed by atoms with Crippen LogP contribution in [-0.4, -0.2) is 19.0 Å². The predicted octanol–water partition coefficient (Wildman–Crippen LogP) is 3.26. The lowest BCUT2D eigenvalue weighted by atomic mass is 9.73. The summed E-state index contributed by atoms with van der Waals surface area (Å²) in [7, 11) is 0. The molecule has 0 aromatic heterocycles. The molecular weight excluding hydrogens is 248 g/mol. The first-order chi connectivity index (χ1) is 9.63. The Morgan fingerprint density at radius 3 is 2.55 bits per heavy atom. The summed E-state index contributed by atoms with van der Waals surface area (Å²) in [5.41, 5.74) is 7.83. The molecule has 1 amide bonds. The van der Waals surface area contributed by atoms with Crippen molar-refractivity contribution >= 4 is 11.6 Å². The second-order valence-electron chi connectivity index (χ2n) is 5.93. The molecule has 0 saturated heterocycles. The van der Waals surface area contributed by atoms with Crippen LogP contribution in [0.15, 0.2) is 24.3 Å². The van der Waals surface area contributed by atoms with Gasteiger partial charge in [-0.15, -0.1) is 0 Å². The average Bonchev–Trinajstić information content (AvgIpc) is 2.48. The summed E-state index contributed by atoms with van der Waals surface area (Å²) >= 11 is 0. The zero-order chi connectivity index (χ0) is 14.6. The fourth-order valence-corrected chi connectivity index (χ4v) is 3.26.